The summed E-state index contributed by atoms with van der Waals surface area (Å²) in [7, 11) is 1.67. The number of thiophene rings is 1. The SMILES string of the molecule is COc1ccc(-c2cc3ncn4cnnc4c3s2)cc1. The molecule has 0 radical (unpaired) electrons. The molecular weight excluding hydrogens is 272 g/mol. The first-order chi connectivity index (χ1) is 9.85. The minimum Gasteiger partial charge on any atom is -0.497 e. The Hall–Kier alpha value is -2.47. The van der Waals surface area contributed by atoms with Crippen LogP contribution in [0.2, 0.25) is 0 Å². The molecule has 0 spiro atoms. The van der Waals surface area contributed by atoms with E-state index in [9.17, 15) is 0 Å². The molecule has 0 amide bonds. The maximum absolute atomic E-state index is 5.18. The highest BCUT2D eigenvalue weighted by atomic mass is 32.1. The summed E-state index contributed by atoms with van der Waals surface area (Å²) in [4.78, 5) is 5.59. The Morgan fingerprint density at radius 2 is 2.00 bits per heavy atom. The van der Waals surface area contributed by atoms with Crippen molar-refractivity contribution in [2.45, 2.75) is 0 Å². The summed E-state index contributed by atoms with van der Waals surface area (Å²) < 4.78 is 8.06. The summed E-state index contributed by atoms with van der Waals surface area (Å²) in [5.74, 6) is 0.854. The highest BCUT2D eigenvalue weighted by Gasteiger charge is 2.10. The third kappa shape index (κ3) is 1.65. The van der Waals surface area contributed by atoms with Crippen LogP contribution in [0.3, 0.4) is 0 Å². The highest BCUT2D eigenvalue weighted by Crippen LogP contribution is 2.34. The van der Waals surface area contributed by atoms with Crippen molar-refractivity contribution in [3.8, 4) is 16.2 Å². The standard InChI is InChI=1S/C14H10N4OS/c1-19-10-4-2-9(3-5-10)12-6-11-13(20-12)14-17-16-8-18(14)7-15-11/h2-8H,1H3. The fourth-order valence-corrected chi connectivity index (χ4v) is 3.25. The van der Waals surface area contributed by atoms with E-state index >= 15 is 0 Å². The van der Waals surface area contributed by atoms with Gasteiger partial charge < -0.3 is 4.74 Å². The molecule has 20 heavy (non-hydrogen) atoms. The van der Waals surface area contributed by atoms with Gasteiger partial charge in [-0.05, 0) is 35.9 Å². The van der Waals surface area contributed by atoms with Crippen molar-refractivity contribution in [1.29, 1.82) is 0 Å². The molecule has 3 heterocycles. The molecule has 0 saturated carbocycles. The summed E-state index contributed by atoms with van der Waals surface area (Å²) in [6, 6.07) is 10.1. The van der Waals surface area contributed by atoms with Crippen LogP contribution < -0.4 is 4.74 Å². The Labute approximate surface area is 118 Å². The molecule has 0 fully saturated rings. The molecule has 4 rings (SSSR count). The molecule has 6 heteroatoms. The summed E-state index contributed by atoms with van der Waals surface area (Å²) in [6.07, 6.45) is 3.40. The Balaban J connectivity index is 1.90. The average Bonchev–Trinajstić information content (AvgIpc) is 3.12. The number of hydrogen-bond acceptors (Lipinski definition) is 5. The van der Waals surface area contributed by atoms with Gasteiger partial charge in [-0.2, -0.15) is 0 Å². The molecule has 98 valence electrons. The number of nitrogens with zero attached hydrogens (tertiary/aromatic N) is 4. The van der Waals surface area contributed by atoms with E-state index in [1.54, 1.807) is 31.1 Å². The van der Waals surface area contributed by atoms with Gasteiger partial charge in [0.2, 0.25) is 0 Å². The van der Waals surface area contributed by atoms with Crippen LogP contribution >= 0.6 is 11.3 Å². The van der Waals surface area contributed by atoms with Crippen molar-refractivity contribution in [1.82, 2.24) is 19.6 Å². The molecule has 3 aromatic heterocycles. The number of rotatable bonds is 2. The van der Waals surface area contributed by atoms with E-state index in [-0.39, 0.29) is 0 Å². The Morgan fingerprint density at radius 3 is 2.80 bits per heavy atom. The number of ether oxygens (including phenoxy) is 1. The lowest BCUT2D eigenvalue weighted by molar-refractivity contribution is 0.415. The second-order valence-corrected chi connectivity index (χ2v) is 5.41. The lowest BCUT2D eigenvalue weighted by Gasteiger charge is -2.00. The van der Waals surface area contributed by atoms with Gasteiger partial charge in [-0.3, -0.25) is 4.40 Å². The predicted octanol–water partition coefficient (Wildman–Crippen LogP) is 3.01. The van der Waals surface area contributed by atoms with Crippen molar-refractivity contribution < 1.29 is 4.74 Å². The van der Waals surface area contributed by atoms with Crippen molar-refractivity contribution in [2.24, 2.45) is 0 Å². The second-order valence-electron chi connectivity index (χ2n) is 4.36. The maximum atomic E-state index is 5.18. The molecule has 5 nitrogen and oxygen atoms in total. The van der Waals surface area contributed by atoms with Crippen molar-refractivity contribution in [2.75, 3.05) is 7.11 Å². The lowest BCUT2D eigenvalue weighted by atomic mass is 10.2. The first-order valence-corrected chi connectivity index (χ1v) is 6.89. The summed E-state index contributed by atoms with van der Waals surface area (Å²) in [5.41, 5.74) is 2.94. The minimum absolute atomic E-state index is 0.847. The zero-order chi connectivity index (χ0) is 13.5. The number of benzene rings is 1. The molecule has 0 atom stereocenters. The van der Waals surface area contributed by atoms with E-state index in [2.05, 4.69) is 21.2 Å². The van der Waals surface area contributed by atoms with Crippen LogP contribution in [0, 0.1) is 0 Å². The Morgan fingerprint density at radius 1 is 1.15 bits per heavy atom. The van der Waals surface area contributed by atoms with E-state index in [1.165, 1.54) is 0 Å². The molecule has 0 unspecified atom stereocenters. The van der Waals surface area contributed by atoms with Gasteiger partial charge in [-0.25, -0.2) is 4.98 Å². The van der Waals surface area contributed by atoms with Gasteiger partial charge in [0.1, 0.15) is 18.4 Å². The first kappa shape index (κ1) is 11.4. The van der Waals surface area contributed by atoms with E-state index in [1.807, 2.05) is 28.7 Å². The average molecular weight is 282 g/mol. The minimum atomic E-state index is 0.847. The van der Waals surface area contributed by atoms with E-state index in [4.69, 9.17) is 4.74 Å². The van der Waals surface area contributed by atoms with Crippen LogP contribution in [0.1, 0.15) is 0 Å². The van der Waals surface area contributed by atoms with Gasteiger partial charge in [-0.1, -0.05) is 0 Å². The molecule has 0 saturated heterocycles. The van der Waals surface area contributed by atoms with Crippen LogP contribution in [0.25, 0.3) is 26.3 Å². The molecule has 4 aromatic rings. The van der Waals surface area contributed by atoms with Crippen LogP contribution in [0.4, 0.5) is 0 Å². The topological polar surface area (TPSA) is 52.3 Å². The molecule has 1 aromatic carbocycles. The predicted molar refractivity (Wildman–Crippen MR) is 78.2 cm³/mol. The molecule has 0 N–H and O–H groups in total. The number of methoxy groups -OCH3 is 1. The Bertz CT molecular complexity index is 894. The van der Waals surface area contributed by atoms with E-state index < -0.39 is 0 Å². The van der Waals surface area contributed by atoms with Crippen LogP contribution in [0.15, 0.2) is 43.0 Å². The zero-order valence-electron chi connectivity index (χ0n) is 10.6. The highest BCUT2D eigenvalue weighted by molar-refractivity contribution is 7.22. The molecular formula is C14H10N4OS. The zero-order valence-corrected chi connectivity index (χ0v) is 11.5. The third-order valence-corrected chi connectivity index (χ3v) is 4.35. The van der Waals surface area contributed by atoms with Crippen molar-refractivity contribution >= 4 is 27.2 Å². The van der Waals surface area contributed by atoms with Crippen molar-refractivity contribution in [3.63, 3.8) is 0 Å². The van der Waals surface area contributed by atoms with Crippen molar-refractivity contribution in [3.05, 3.63) is 43.0 Å². The fraction of sp³-hybridized carbons (Fsp3) is 0.0714. The fourth-order valence-electron chi connectivity index (χ4n) is 2.15. The molecule has 0 aliphatic heterocycles. The first-order valence-electron chi connectivity index (χ1n) is 6.07. The van der Waals surface area contributed by atoms with Crippen LogP contribution in [-0.4, -0.2) is 26.7 Å². The summed E-state index contributed by atoms with van der Waals surface area (Å²) in [5, 5.41) is 8.06. The number of hydrogen-bond donors (Lipinski definition) is 0. The smallest absolute Gasteiger partial charge is 0.181 e. The number of aromatic nitrogens is 4. The molecule has 0 bridgehead atoms. The molecule has 0 aliphatic rings. The van der Waals surface area contributed by atoms with Gasteiger partial charge in [0.05, 0.1) is 17.3 Å². The quantitative estimate of drug-likeness (QED) is 0.567. The third-order valence-electron chi connectivity index (χ3n) is 3.18. The van der Waals surface area contributed by atoms with Gasteiger partial charge in [0.25, 0.3) is 0 Å². The monoisotopic (exact) mass is 282 g/mol. The summed E-state index contributed by atoms with van der Waals surface area (Å²) in [6.45, 7) is 0. The number of fused-ring (bicyclic) bond motifs is 3. The van der Waals surface area contributed by atoms with E-state index in [0.29, 0.717) is 0 Å². The van der Waals surface area contributed by atoms with Crippen LogP contribution in [-0.2, 0) is 0 Å². The van der Waals surface area contributed by atoms with Gasteiger partial charge in [0, 0.05) is 4.88 Å². The second kappa shape index (κ2) is 4.28. The Kier molecular flexibility index (Phi) is 2.43. The molecule has 0 aliphatic carbocycles. The van der Waals surface area contributed by atoms with Gasteiger partial charge in [0.15, 0.2) is 5.65 Å². The van der Waals surface area contributed by atoms with Gasteiger partial charge >= 0.3 is 0 Å². The normalized spacial score (nSPS) is 11.2. The van der Waals surface area contributed by atoms with Gasteiger partial charge in [-0.15, -0.1) is 21.5 Å². The summed E-state index contributed by atoms with van der Waals surface area (Å²) >= 11 is 1.67. The van der Waals surface area contributed by atoms with E-state index in [0.717, 1.165) is 32.1 Å². The maximum Gasteiger partial charge on any atom is 0.181 e. The largest absolute Gasteiger partial charge is 0.497 e. The van der Waals surface area contributed by atoms with Crippen LogP contribution in [0.5, 0.6) is 5.75 Å². The lowest BCUT2D eigenvalue weighted by Crippen LogP contribution is -1.84.